The number of anilines is 1. The van der Waals surface area contributed by atoms with Crippen molar-refractivity contribution in [3.8, 4) is 11.5 Å². The molecule has 1 N–H and O–H groups in total. The minimum atomic E-state index is -0.469. The Bertz CT molecular complexity index is 1050. The number of fused-ring (bicyclic) bond motifs is 1. The van der Waals surface area contributed by atoms with Crippen molar-refractivity contribution >= 4 is 22.5 Å². The SMILES string of the molecule is Cc1ccc(-c2nnc(C(=O)Nc3cccc4cccnc34)o2)cc1. The summed E-state index contributed by atoms with van der Waals surface area (Å²) in [5.41, 5.74) is 3.20. The Labute approximate surface area is 143 Å². The molecule has 0 aliphatic carbocycles. The second-order valence-corrected chi connectivity index (χ2v) is 5.61. The molecular weight excluding hydrogens is 316 g/mol. The van der Waals surface area contributed by atoms with Crippen LogP contribution in [-0.4, -0.2) is 21.1 Å². The molecule has 4 aromatic rings. The first-order chi connectivity index (χ1) is 12.2. The molecule has 6 nitrogen and oxygen atoms in total. The van der Waals surface area contributed by atoms with Gasteiger partial charge in [0.05, 0.1) is 11.2 Å². The van der Waals surface area contributed by atoms with Crippen LogP contribution in [0.3, 0.4) is 0 Å². The van der Waals surface area contributed by atoms with E-state index in [0.717, 1.165) is 16.5 Å². The number of amides is 1. The van der Waals surface area contributed by atoms with Crippen molar-refractivity contribution in [2.45, 2.75) is 6.92 Å². The second kappa shape index (κ2) is 6.16. The van der Waals surface area contributed by atoms with Crippen LogP contribution in [0.4, 0.5) is 5.69 Å². The first-order valence-corrected chi connectivity index (χ1v) is 7.76. The van der Waals surface area contributed by atoms with E-state index < -0.39 is 5.91 Å². The highest BCUT2D eigenvalue weighted by Gasteiger charge is 2.17. The molecule has 0 fully saturated rings. The van der Waals surface area contributed by atoms with Gasteiger partial charge in [-0.15, -0.1) is 10.2 Å². The topological polar surface area (TPSA) is 80.9 Å². The van der Waals surface area contributed by atoms with Crippen LogP contribution in [0.5, 0.6) is 0 Å². The number of rotatable bonds is 3. The Hall–Kier alpha value is -3.54. The van der Waals surface area contributed by atoms with Gasteiger partial charge in [0.2, 0.25) is 5.89 Å². The fourth-order valence-electron chi connectivity index (χ4n) is 2.51. The van der Waals surface area contributed by atoms with E-state index in [2.05, 4.69) is 20.5 Å². The lowest BCUT2D eigenvalue weighted by molar-refractivity contribution is 0.0991. The number of benzene rings is 2. The smallest absolute Gasteiger partial charge is 0.313 e. The van der Waals surface area contributed by atoms with Crippen molar-refractivity contribution in [2.24, 2.45) is 0 Å². The van der Waals surface area contributed by atoms with Gasteiger partial charge in [0.1, 0.15) is 0 Å². The number of para-hydroxylation sites is 1. The summed E-state index contributed by atoms with van der Waals surface area (Å²) in [5, 5.41) is 11.5. The molecule has 0 saturated heterocycles. The largest absolute Gasteiger partial charge is 0.412 e. The van der Waals surface area contributed by atoms with Gasteiger partial charge in [-0.2, -0.15) is 0 Å². The minimum absolute atomic E-state index is 0.0940. The molecule has 0 aliphatic heterocycles. The van der Waals surface area contributed by atoms with Crippen LogP contribution >= 0.6 is 0 Å². The highest BCUT2D eigenvalue weighted by molar-refractivity contribution is 6.05. The average Bonchev–Trinajstić information content (AvgIpc) is 3.13. The molecule has 2 aromatic carbocycles. The highest BCUT2D eigenvalue weighted by atomic mass is 16.4. The predicted molar refractivity (Wildman–Crippen MR) is 94.2 cm³/mol. The Morgan fingerprint density at radius 2 is 1.80 bits per heavy atom. The average molecular weight is 330 g/mol. The summed E-state index contributed by atoms with van der Waals surface area (Å²) in [4.78, 5) is 16.7. The van der Waals surface area contributed by atoms with E-state index in [4.69, 9.17) is 4.42 Å². The summed E-state index contributed by atoms with van der Waals surface area (Å²) in [6.45, 7) is 1.99. The molecule has 25 heavy (non-hydrogen) atoms. The molecule has 0 spiro atoms. The predicted octanol–water partition coefficient (Wildman–Crippen LogP) is 3.85. The Morgan fingerprint density at radius 1 is 1.00 bits per heavy atom. The third kappa shape index (κ3) is 2.97. The van der Waals surface area contributed by atoms with E-state index in [-0.39, 0.29) is 5.89 Å². The first-order valence-electron chi connectivity index (χ1n) is 7.76. The molecule has 6 heteroatoms. The zero-order valence-corrected chi connectivity index (χ0v) is 13.4. The Morgan fingerprint density at radius 3 is 2.64 bits per heavy atom. The molecule has 1 amide bonds. The van der Waals surface area contributed by atoms with E-state index in [0.29, 0.717) is 17.1 Å². The molecule has 0 saturated carbocycles. The maximum absolute atomic E-state index is 12.4. The fourth-order valence-corrected chi connectivity index (χ4v) is 2.51. The Kier molecular flexibility index (Phi) is 3.70. The van der Waals surface area contributed by atoms with Gasteiger partial charge in [-0.3, -0.25) is 9.78 Å². The van der Waals surface area contributed by atoms with Gasteiger partial charge in [-0.1, -0.05) is 35.9 Å². The molecule has 0 bridgehead atoms. The molecule has 0 unspecified atom stereocenters. The van der Waals surface area contributed by atoms with Crippen LogP contribution in [0.2, 0.25) is 0 Å². The monoisotopic (exact) mass is 330 g/mol. The van der Waals surface area contributed by atoms with E-state index in [1.807, 2.05) is 55.5 Å². The van der Waals surface area contributed by atoms with Gasteiger partial charge in [0.15, 0.2) is 0 Å². The molecule has 2 heterocycles. The zero-order chi connectivity index (χ0) is 17.2. The minimum Gasteiger partial charge on any atom is -0.412 e. The summed E-state index contributed by atoms with van der Waals surface area (Å²) in [6.07, 6.45) is 1.68. The standard InChI is InChI=1S/C19H14N4O2/c1-12-7-9-14(10-8-12)18-22-23-19(25-18)17(24)21-15-6-2-4-13-5-3-11-20-16(13)15/h2-11H,1H3,(H,21,24). The zero-order valence-electron chi connectivity index (χ0n) is 13.4. The quantitative estimate of drug-likeness (QED) is 0.617. The van der Waals surface area contributed by atoms with Crippen molar-refractivity contribution in [1.82, 2.24) is 15.2 Å². The van der Waals surface area contributed by atoms with Crippen LogP contribution < -0.4 is 5.32 Å². The molecule has 0 radical (unpaired) electrons. The third-order valence-corrected chi connectivity index (χ3v) is 3.80. The van der Waals surface area contributed by atoms with Gasteiger partial charge in [-0.05, 0) is 31.2 Å². The lowest BCUT2D eigenvalue weighted by Gasteiger charge is -2.05. The summed E-state index contributed by atoms with van der Waals surface area (Å²) in [6, 6.07) is 17.0. The van der Waals surface area contributed by atoms with Crippen LogP contribution in [0.25, 0.3) is 22.4 Å². The summed E-state index contributed by atoms with van der Waals surface area (Å²) in [5.74, 6) is -0.256. The van der Waals surface area contributed by atoms with Gasteiger partial charge in [-0.25, -0.2) is 0 Å². The lowest BCUT2D eigenvalue weighted by Crippen LogP contribution is -2.12. The lowest BCUT2D eigenvalue weighted by atomic mass is 10.1. The normalized spacial score (nSPS) is 10.8. The molecular formula is C19H14N4O2. The van der Waals surface area contributed by atoms with Crippen molar-refractivity contribution in [1.29, 1.82) is 0 Å². The third-order valence-electron chi connectivity index (χ3n) is 3.80. The maximum Gasteiger partial charge on any atom is 0.313 e. The fraction of sp³-hybridized carbons (Fsp3) is 0.0526. The molecule has 122 valence electrons. The van der Waals surface area contributed by atoms with E-state index >= 15 is 0 Å². The number of aryl methyl sites for hydroxylation is 1. The van der Waals surface area contributed by atoms with Crippen molar-refractivity contribution < 1.29 is 9.21 Å². The summed E-state index contributed by atoms with van der Waals surface area (Å²) >= 11 is 0. The van der Waals surface area contributed by atoms with Crippen LogP contribution in [0.1, 0.15) is 16.2 Å². The molecule has 0 atom stereocenters. The highest BCUT2D eigenvalue weighted by Crippen LogP contribution is 2.22. The van der Waals surface area contributed by atoms with E-state index in [9.17, 15) is 4.79 Å². The van der Waals surface area contributed by atoms with E-state index in [1.54, 1.807) is 12.3 Å². The van der Waals surface area contributed by atoms with Gasteiger partial charge in [0, 0.05) is 17.1 Å². The van der Waals surface area contributed by atoms with Crippen molar-refractivity contribution in [3.05, 3.63) is 72.2 Å². The molecule has 2 aromatic heterocycles. The van der Waals surface area contributed by atoms with Crippen molar-refractivity contribution in [3.63, 3.8) is 0 Å². The first kappa shape index (κ1) is 15.0. The van der Waals surface area contributed by atoms with Crippen molar-refractivity contribution in [2.75, 3.05) is 5.32 Å². The van der Waals surface area contributed by atoms with Crippen LogP contribution in [-0.2, 0) is 0 Å². The number of carbonyl (C=O) groups excluding carboxylic acids is 1. The summed E-state index contributed by atoms with van der Waals surface area (Å²) in [7, 11) is 0. The van der Waals surface area contributed by atoms with Gasteiger partial charge >= 0.3 is 11.8 Å². The number of hydrogen-bond donors (Lipinski definition) is 1. The van der Waals surface area contributed by atoms with Crippen LogP contribution in [0, 0.1) is 6.92 Å². The second-order valence-electron chi connectivity index (χ2n) is 5.61. The van der Waals surface area contributed by atoms with E-state index in [1.165, 1.54) is 0 Å². The summed E-state index contributed by atoms with van der Waals surface area (Å²) < 4.78 is 5.50. The Balaban J connectivity index is 1.60. The van der Waals surface area contributed by atoms with Gasteiger partial charge < -0.3 is 9.73 Å². The maximum atomic E-state index is 12.4. The number of nitrogens with one attached hydrogen (secondary N) is 1. The number of pyridine rings is 1. The van der Waals surface area contributed by atoms with Crippen LogP contribution in [0.15, 0.2) is 65.2 Å². The number of carbonyl (C=O) groups is 1. The molecule has 0 aliphatic rings. The molecule has 4 rings (SSSR count). The number of nitrogens with zero attached hydrogens (tertiary/aromatic N) is 3. The number of hydrogen-bond acceptors (Lipinski definition) is 5. The van der Waals surface area contributed by atoms with Gasteiger partial charge in [0.25, 0.3) is 0 Å². The number of aromatic nitrogens is 3.